The molecule has 1 saturated heterocycles. The van der Waals surface area contributed by atoms with Gasteiger partial charge in [-0.05, 0) is 20.3 Å². The average Bonchev–Trinajstić information content (AvgIpc) is 2.12. The lowest BCUT2D eigenvalue weighted by atomic mass is 9.74. The first-order valence-corrected chi connectivity index (χ1v) is 4.80. The molecule has 0 bridgehead atoms. The second-order valence-corrected chi connectivity index (χ2v) is 4.20. The molecule has 0 aliphatic carbocycles. The van der Waals surface area contributed by atoms with Crippen molar-refractivity contribution in [3.63, 3.8) is 0 Å². The molecule has 0 spiro atoms. The van der Waals surface area contributed by atoms with Gasteiger partial charge in [0.05, 0.1) is 24.0 Å². The van der Waals surface area contributed by atoms with Gasteiger partial charge in [-0.1, -0.05) is 0 Å². The quantitative estimate of drug-likeness (QED) is 0.513. The number of carbonyl (C=O) groups excluding carboxylic acids is 1. The third kappa shape index (κ3) is 1.53. The standard InChI is InChI=1S/C9H13NO2S/c1-6(5-10)9(2)7(13)3-4-12-8(9)11/h6-7,13H,3-4H2,1-2H3. The van der Waals surface area contributed by atoms with Gasteiger partial charge in [-0.3, -0.25) is 4.79 Å². The molecule has 1 fully saturated rings. The van der Waals surface area contributed by atoms with Gasteiger partial charge in [-0.25, -0.2) is 0 Å². The van der Waals surface area contributed by atoms with E-state index in [1.807, 2.05) is 0 Å². The first-order valence-electron chi connectivity index (χ1n) is 4.28. The topological polar surface area (TPSA) is 50.1 Å². The molecule has 1 heterocycles. The molecule has 0 radical (unpaired) electrons. The van der Waals surface area contributed by atoms with Gasteiger partial charge < -0.3 is 4.74 Å². The molecule has 0 aromatic heterocycles. The molecule has 1 aliphatic rings. The van der Waals surface area contributed by atoms with E-state index in [0.29, 0.717) is 6.61 Å². The zero-order valence-electron chi connectivity index (χ0n) is 7.78. The van der Waals surface area contributed by atoms with Crippen molar-refractivity contribution in [3.05, 3.63) is 0 Å². The lowest BCUT2D eigenvalue weighted by molar-refractivity contribution is -0.162. The van der Waals surface area contributed by atoms with Gasteiger partial charge in [0.1, 0.15) is 0 Å². The van der Waals surface area contributed by atoms with Crippen molar-refractivity contribution in [2.24, 2.45) is 11.3 Å². The lowest BCUT2D eigenvalue weighted by Gasteiger charge is -2.38. The maximum Gasteiger partial charge on any atom is 0.314 e. The highest BCUT2D eigenvalue weighted by Crippen LogP contribution is 2.39. The Morgan fingerprint density at radius 1 is 1.85 bits per heavy atom. The number of cyclic esters (lactones) is 1. The highest BCUT2D eigenvalue weighted by Gasteiger charge is 2.48. The molecule has 72 valence electrons. The summed E-state index contributed by atoms with van der Waals surface area (Å²) in [7, 11) is 0. The molecule has 3 unspecified atom stereocenters. The van der Waals surface area contributed by atoms with Gasteiger partial charge in [-0.2, -0.15) is 17.9 Å². The Morgan fingerprint density at radius 3 is 2.92 bits per heavy atom. The highest BCUT2D eigenvalue weighted by molar-refractivity contribution is 7.81. The smallest absolute Gasteiger partial charge is 0.314 e. The van der Waals surface area contributed by atoms with E-state index in [2.05, 4.69) is 18.7 Å². The Hall–Kier alpha value is -0.690. The average molecular weight is 199 g/mol. The maximum atomic E-state index is 11.5. The number of carbonyl (C=O) groups is 1. The highest BCUT2D eigenvalue weighted by atomic mass is 32.1. The van der Waals surface area contributed by atoms with Crippen molar-refractivity contribution in [2.45, 2.75) is 25.5 Å². The lowest BCUT2D eigenvalue weighted by Crippen LogP contribution is -2.47. The monoisotopic (exact) mass is 199 g/mol. The van der Waals surface area contributed by atoms with E-state index in [9.17, 15) is 4.79 Å². The molecule has 3 atom stereocenters. The van der Waals surface area contributed by atoms with Crippen LogP contribution < -0.4 is 0 Å². The Morgan fingerprint density at radius 2 is 2.46 bits per heavy atom. The van der Waals surface area contributed by atoms with E-state index in [1.165, 1.54) is 0 Å². The van der Waals surface area contributed by atoms with Gasteiger partial charge in [0.2, 0.25) is 0 Å². The molecule has 1 aliphatic heterocycles. The molecule has 0 N–H and O–H groups in total. The molecule has 0 saturated carbocycles. The van der Waals surface area contributed by atoms with Crippen LogP contribution in [0.15, 0.2) is 0 Å². The molecule has 3 nitrogen and oxygen atoms in total. The summed E-state index contributed by atoms with van der Waals surface area (Å²) in [6, 6.07) is 2.09. The van der Waals surface area contributed by atoms with E-state index >= 15 is 0 Å². The predicted molar refractivity (Wildman–Crippen MR) is 51.2 cm³/mol. The predicted octanol–water partition coefficient (Wildman–Crippen LogP) is 1.40. The summed E-state index contributed by atoms with van der Waals surface area (Å²) < 4.78 is 4.95. The van der Waals surface area contributed by atoms with E-state index in [4.69, 9.17) is 10.00 Å². The second-order valence-electron chi connectivity index (χ2n) is 3.57. The fourth-order valence-corrected chi connectivity index (χ4v) is 1.89. The summed E-state index contributed by atoms with van der Waals surface area (Å²) in [5.74, 6) is -0.657. The fourth-order valence-electron chi connectivity index (χ4n) is 1.45. The minimum absolute atomic E-state index is 0.0802. The van der Waals surface area contributed by atoms with Crippen LogP contribution >= 0.6 is 12.6 Å². The number of hydrogen-bond donors (Lipinski definition) is 1. The van der Waals surface area contributed by atoms with Gasteiger partial charge in [0.25, 0.3) is 0 Å². The Bertz CT molecular complexity index is 261. The summed E-state index contributed by atoms with van der Waals surface area (Å²) in [5.41, 5.74) is -0.754. The molecule has 4 heteroatoms. The summed E-state index contributed by atoms with van der Waals surface area (Å²) in [4.78, 5) is 11.5. The minimum atomic E-state index is -0.754. The van der Waals surface area contributed by atoms with Crippen LogP contribution in [-0.4, -0.2) is 17.8 Å². The van der Waals surface area contributed by atoms with E-state index in [-0.39, 0.29) is 17.1 Å². The van der Waals surface area contributed by atoms with E-state index in [0.717, 1.165) is 6.42 Å². The maximum absolute atomic E-state index is 11.5. The van der Waals surface area contributed by atoms with Crippen molar-refractivity contribution in [2.75, 3.05) is 6.61 Å². The molecule has 0 amide bonds. The molecular formula is C9H13NO2S. The van der Waals surface area contributed by atoms with Crippen molar-refractivity contribution >= 4 is 18.6 Å². The van der Waals surface area contributed by atoms with Gasteiger partial charge in [0, 0.05) is 5.25 Å². The molecular weight excluding hydrogens is 186 g/mol. The van der Waals surface area contributed by atoms with Crippen molar-refractivity contribution in [1.29, 1.82) is 5.26 Å². The number of nitrogens with zero attached hydrogens (tertiary/aromatic N) is 1. The number of hydrogen-bond acceptors (Lipinski definition) is 4. The normalized spacial score (nSPS) is 36.2. The Balaban J connectivity index is 2.95. The van der Waals surface area contributed by atoms with Crippen LogP contribution in [0.2, 0.25) is 0 Å². The number of nitriles is 1. The third-order valence-corrected chi connectivity index (χ3v) is 3.64. The summed E-state index contributed by atoms with van der Waals surface area (Å²) >= 11 is 4.34. The van der Waals surface area contributed by atoms with Crippen LogP contribution in [0.3, 0.4) is 0 Å². The van der Waals surface area contributed by atoms with E-state index in [1.54, 1.807) is 13.8 Å². The van der Waals surface area contributed by atoms with Crippen molar-refractivity contribution in [3.8, 4) is 6.07 Å². The molecule has 0 aromatic rings. The number of thiol groups is 1. The fraction of sp³-hybridized carbons (Fsp3) is 0.778. The molecule has 13 heavy (non-hydrogen) atoms. The first-order chi connectivity index (χ1) is 6.03. The van der Waals surface area contributed by atoms with Gasteiger partial charge in [0.15, 0.2) is 0 Å². The molecule has 0 aromatic carbocycles. The van der Waals surface area contributed by atoms with Crippen molar-refractivity contribution in [1.82, 2.24) is 0 Å². The van der Waals surface area contributed by atoms with Crippen LogP contribution in [0.4, 0.5) is 0 Å². The summed E-state index contributed by atoms with van der Waals surface area (Å²) in [6.07, 6.45) is 0.720. The zero-order chi connectivity index (χ0) is 10.1. The summed E-state index contributed by atoms with van der Waals surface area (Å²) in [6.45, 7) is 3.90. The van der Waals surface area contributed by atoms with Crippen molar-refractivity contribution < 1.29 is 9.53 Å². The van der Waals surface area contributed by atoms with E-state index < -0.39 is 5.41 Å². The summed E-state index contributed by atoms with van der Waals surface area (Å²) in [5, 5.41) is 8.72. The first kappa shape index (κ1) is 10.4. The minimum Gasteiger partial charge on any atom is -0.465 e. The largest absolute Gasteiger partial charge is 0.465 e. The van der Waals surface area contributed by atoms with Crippen LogP contribution in [0.25, 0.3) is 0 Å². The Kier molecular flexibility index (Phi) is 2.87. The number of rotatable bonds is 1. The zero-order valence-corrected chi connectivity index (χ0v) is 8.67. The number of esters is 1. The molecule has 1 rings (SSSR count). The van der Waals surface area contributed by atoms with Gasteiger partial charge in [-0.15, -0.1) is 0 Å². The third-order valence-electron chi connectivity index (χ3n) is 2.85. The van der Waals surface area contributed by atoms with Crippen LogP contribution in [0, 0.1) is 22.7 Å². The van der Waals surface area contributed by atoms with Crippen LogP contribution in [0.1, 0.15) is 20.3 Å². The Labute approximate surface area is 83.5 Å². The number of ether oxygens (including phenoxy) is 1. The van der Waals surface area contributed by atoms with Crippen LogP contribution in [-0.2, 0) is 9.53 Å². The van der Waals surface area contributed by atoms with Gasteiger partial charge >= 0.3 is 5.97 Å². The van der Waals surface area contributed by atoms with Crippen LogP contribution in [0.5, 0.6) is 0 Å². The SMILES string of the molecule is CC(C#N)C1(C)C(=O)OCCC1S. The second kappa shape index (κ2) is 3.59.